The quantitative estimate of drug-likeness (QED) is 0.214. The van der Waals surface area contributed by atoms with Gasteiger partial charge in [0.1, 0.15) is 6.23 Å². The Bertz CT molecular complexity index is 480. The number of hydrogen-bond donors (Lipinski definition) is 2. The fourth-order valence-electron chi connectivity index (χ4n) is 3.78. The molecule has 2 unspecified atom stereocenters. The molecule has 0 radical (unpaired) electrons. The molecule has 0 aliphatic carbocycles. The molecule has 3 N–H and O–H groups in total. The minimum atomic E-state index is -0.594. The fraction of sp³-hybridized carbons (Fsp3) is 0.875. The van der Waals surface area contributed by atoms with E-state index < -0.39 is 6.23 Å². The second-order valence-corrected chi connectivity index (χ2v) is 9.97. The van der Waals surface area contributed by atoms with Gasteiger partial charge in [0, 0.05) is 17.6 Å². The lowest BCUT2D eigenvalue weighted by molar-refractivity contribution is 0.108. The summed E-state index contributed by atoms with van der Waals surface area (Å²) in [6.07, 6.45) is 25.2. The second-order valence-electron chi connectivity index (χ2n) is 8.49. The summed E-state index contributed by atoms with van der Waals surface area (Å²) < 4.78 is 1.64. The molecule has 0 saturated carbocycles. The van der Waals surface area contributed by atoms with Gasteiger partial charge in [-0.1, -0.05) is 103 Å². The van der Waals surface area contributed by atoms with E-state index >= 15 is 0 Å². The van der Waals surface area contributed by atoms with Crippen LogP contribution >= 0.6 is 11.8 Å². The molecular weight excluding hydrogens is 378 g/mol. The molecule has 1 heterocycles. The van der Waals surface area contributed by atoms with Gasteiger partial charge in [-0.05, 0) is 19.1 Å². The van der Waals surface area contributed by atoms with E-state index in [1.165, 1.54) is 103 Å². The zero-order valence-electron chi connectivity index (χ0n) is 19.2. The Kier molecular flexibility index (Phi) is 16.5. The summed E-state index contributed by atoms with van der Waals surface area (Å²) in [7, 11) is 0. The molecule has 0 spiro atoms. The van der Waals surface area contributed by atoms with Gasteiger partial charge < -0.3 is 10.8 Å². The molecular formula is C24H47N3OS. The molecule has 29 heavy (non-hydrogen) atoms. The standard InChI is InChI=1S/C24H47N3OS/c1-3-4-5-6-7-8-9-10-11-12-13-14-15-16-17-18-21-29-22(2)23(28)27-20-19-26-24(27)25/h19-20,22-23,28H,3-18,21H2,1-2H3,(H2,25,26). The average molecular weight is 426 g/mol. The van der Waals surface area contributed by atoms with Crippen molar-refractivity contribution in [3.63, 3.8) is 0 Å². The highest BCUT2D eigenvalue weighted by Crippen LogP contribution is 2.24. The monoisotopic (exact) mass is 425 g/mol. The number of unbranched alkanes of at least 4 members (excludes halogenated alkanes) is 15. The molecule has 0 bridgehead atoms. The van der Waals surface area contributed by atoms with Crippen LogP contribution in [0.15, 0.2) is 12.4 Å². The highest BCUT2D eigenvalue weighted by molar-refractivity contribution is 7.99. The molecule has 0 aliphatic rings. The van der Waals surface area contributed by atoms with Crippen molar-refractivity contribution < 1.29 is 5.11 Å². The predicted molar refractivity (Wildman–Crippen MR) is 129 cm³/mol. The lowest BCUT2D eigenvalue weighted by Crippen LogP contribution is -2.20. The zero-order valence-corrected chi connectivity index (χ0v) is 20.0. The first-order valence-corrected chi connectivity index (χ1v) is 13.3. The van der Waals surface area contributed by atoms with E-state index in [9.17, 15) is 5.11 Å². The first-order chi connectivity index (χ1) is 14.2. The third-order valence-corrected chi connectivity index (χ3v) is 7.08. The summed E-state index contributed by atoms with van der Waals surface area (Å²) in [5.74, 6) is 1.48. The Morgan fingerprint density at radius 2 is 1.31 bits per heavy atom. The van der Waals surface area contributed by atoms with E-state index in [1.54, 1.807) is 17.0 Å². The molecule has 0 fully saturated rings. The highest BCUT2D eigenvalue weighted by Gasteiger charge is 2.17. The molecule has 0 saturated heterocycles. The van der Waals surface area contributed by atoms with Crippen molar-refractivity contribution in [3.05, 3.63) is 12.4 Å². The van der Waals surface area contributed by atoms with Crippen LogP contribution in [0.25, 0.3) is 0 Å². The minimum absolute atomic E-state index is 0.128. The van der Waals surface area contributed by atoms with Gasteiger partial charge in [0.2, 0.25) is 5.95 Å². The van der Waals surface area contributed by atoms with Crippen molar-refractivity contribution in [2.75, 3.05) is 11.5 Å². The van der Waals surface area contributed by atoms with Gasteiger partial charge in [0.15, 0.2) is 0 Å². The molecule has 4 nitrogen and oxygen atoms in total. The number of aliphatic hydroxyl groups is 1. The Morgan fingerprint density at radius 1 is 0.862 bits per heavy atom. The molecule has 1 aromatic heterocycles. The van der Waals surface area contributed by atoms with Crippen LogP contribution in [0, 0.1) is 0 Å². The normalized spacial score (nSPS) is 13.6. The van der Waals surface area contributed by atoms with Crippen LogP contribution in [0.5, 0.6) is 0 Å². The molecule has 1 aromatic rings. The van der Waals surface area contributed by atoms with Gasteiger partial charge in [-0.25, -0.2) is 4.98 Å². The summed E-state index contributed by atoms with van der Waals surface area (Å²) in [6, 6.07) is 0. The van der Waals surface area contributed by atoms with Crippen molar-refractivity contribution in [2.24, 2.45) is 0 Å². The number of aliphatic hydroxyl groups excluding tert-OH is 1. The Hall–Kier alpha value is -0.680. The number of nitrogens with two attached hydrogens (primary N) is 1. The lowest BCUT2D eigenvalue weighted by Gasteiger charge is -2.20. The van der Waals surface area contributed by atoms with Crippen LogP contribution in [0.3, 0.4) is 0 Å². The molecule has 0 amide bonds. The molecule has 5 heteroatoms. The van der Waals surface area contributed by atoms with E-state index in [0.29, 0.717) is 5.95 Å². The molecule has 2 atom stereocenters. The summed E-state index contributed by atoms with van der Waals surface area (Å²) in [5.41, 5.74) is 5.76. The van der Waals surface area contributed by atoms with Crippen molar-refractivity contribution in [2.45, 2.75) is 128 Å². The first kappa shape index (κ1) is 26.4. The summed E-state index contributed by atoms with van der Waals surface area (Å²) >= 11 is 1.82. The van der Waals surface area contributed by atoms with Crippen LogP contribution in [-0.4, -0.2) is 25.7 Å². The van der Waals surface area contributed by atoms with Gasteiger partial charge >= 0.3 is 0 Å². The van der Waals surface area contributed by atoms with Gasteiger partial charge in [-0.3, -0.25) is 4.57 Å². The Morgan fingerprint density at radius 3 is 1.72 bits per heavy atom. The van der Waals surface area contributed by atoms with E-state index in [1.807, 2.05) is 11.8 Å². The largest absolute Gasteiger partial charge is 0.372 e. The van der Waals surface area contributed by atoms with Crippen LogP contribution in [0.4, 0.5) is 5.95 Å². The summed E-state index contributed by atoms with van der Waals surface area (Å²) in [5, 5.41) is 10.4. The third-order valence-electron chi connectivity index (χ3n) is 5.78. The first-order valence-electron chi connectivity index (χ1n) is 12.2. The minimum Gasteiger partial charge on any atom is -0.372 e. The van der Waals surface area contributed by atoms with Crippen LogP contribution in [0.2, 0.25) is 0 Å². The fourth-order valence-corrected chi connectivity index (χ4v) is 4.83. The highest BCUT2D eigenvalue weighted by atomic mass is 32.2. The van der Waals surface area contributed by atoms with Crippen LogP contribution < -0.4 is 5.73 Å². The van der Waals surface area contributed by atoms with Crippen molar-refractivity contribution in [1.82, 2.24) is 9.55 Å². The third kappa shape index (κ3) is 13.3. The van der Waals surface area contributed by atoms with Gasteiger partial charge in [-0.15, -0.1) is 0 Å². The topological polar surface area (TPSA) is 64.1 Å². The second kappa shape index (κ2) is 18.1. The van der Waals surface area contributed by atoms with E-state index in [0.717, 1.165) is 5.75 Å². The maximum atomic E-state index is 10.3. The van der Waals surface area contributed by atoms with E-state index in [2.05, 4.69) is 18.8 Å². The lowest BCUT2D eigenvalue weighted by atomic mass is 10.0. The molecule has 0 aromatic carbocycles. The SMILES string of the molecule is CCCCCCCCCCCCCCCCCCSC(C)C(O)n1ccnc1N. The van der Waals surface area contributed by atoms with Crippen molar-refractivity contribution in [1.29, 1.82) is 0 Å². The number of nitrogen functional groups attached to an aromatic ring is 1. The van der Waals surface area contributed by atoms with Gasteiger partial charge in [-0.2, -0.15) is 11.8 Å². The smallest absolute Gasteiger partial charge is 0.202 e. The number of aromatic nitrogens is 2. The predicted octanol–water partition coefficient (Wildman–Crippen LogP) is 7.34. The number of imidazole rings is 1. The van der Waals surface area contributed by atoms with E-state index in [-0.39, 0.29) is 5.25 Å². The van der Waals surface area contributed by atoms with Gasteiger partial charge in [0.25, 0.3) is 0 Å². The number of anilines is 1. The van der Waals surface area contributed by atoms with Gasteiger partial charge in [0.05, 0.1) is 0 Å². The van der Waals surface area contributed by atoms with Crippen molar-refractivity contribution >= 4 is 17.7 Å². The van der Waals surface area contributed by atoms with Crippen molar-refractivity contribution in [3.8, 4) is 0 Å². The Labute approximate surface area is 184 Å². The molecule has 170 valence electrons. The average Bonchev–Trinajstić information content (AvgIpc) is 3.15. The van der Waals surface area contributed by atoms with Crippen LogP contribution in [-0.2, 0) is 0 Å². The summed E-state index contributed by atoms with van der Waals surface area (Å²) in [4.78, 5) is 3.97. The van der Waals surface area contributed by atoms with Crippen LogP contribution in [0.1, 0.15) is 123 Å². The number of nitrogens with zero attached hydrogens (tertiary/aromatic N) is 2. The maximum Gasteiger partial charge on any atom is 0.202 e. The Balaban J connectivity index is 1.81. The maximum absolute atomic E-state index is 10.3. The summed E-state index contributed by atoms with van der Waals surface area (Å²) in [6.45, 7) is 4.34. The number of hydrogen-bond acceptors (Lipinski definition) is 4. The molecule has 1 rings (SSSR count). The van der Waals surface area contributed by atoms with E-state index in [4.69, 9.17) is 5.73 Å². The zero-order chi connectivity index (χ0) is 21.2. The molecule has 0 aliphatic heterocycles. The number of thioether (sulfide) groups is 1. The number of rotatable bonds is 20.